The van der Waals surface area contributed by atoms with Gasteiger partial charge in [0, 0.05) is 36.4 Å². The summed E-state index contributed by atoms with van der Waals surface area (Å²) in [5.74, 6) is 2.40. The molecule has 7 rings (SSSR count). The number of carboxylic acid groups (broad SMARTS) is 1. The number of piperidine rings is 1. The van der Waals surface area contributed by atoms with Crippen LogP contribution in [0.1, 0.15) is 52.4 Å². The van der Waals surface area contributed by atoms with Crippen LogP contribution in [-0.2, 0) is 29.8 Å². The lowest BCUT2D eigenvalue weighted by atomic mass is 9.94. The molecule has 11 nitrogen and oxygen atoms in total. The first-order chi connectivity index (χ1) is 21.0. The van der Waals surface area contributed by atoms with Gasteiger partial charge in [-0.05, 0) is 62.1 Å². The van der Waals surface area contributed by atoms with Crippen LogP contribution in [0.15, 0.2) is 48.7 Å². The molecule has 0 bridgehead atoms. The largest absolute Gasteiger partial charge is 0.496 e. The van der Waals surface area contributed by atoms with Crippen LogP contribution in [0, 0.1) is 17.2 Å². The van der Waals surface area contributed by atoms with Crippen LogP contribution in [0.25, 0.3) is 11.0 Å². The molecule has 2 saturated heterocycles. The van der Waals surface area contributed by atoms with Crippen LogP contribution in [-0.4, -0.2) is 68.4 Å². The van der Waals surface area contributed by atoms with Crippen LogP contribution in [0.5, 0.6) is 11.6 Å². The minimum absolute atomic E-state index is 0.0434. The Hall–Kier alpha value is -4.53. The Balaban J connectivity index is 1.04. The summed E-state index contributed by atoms with van der Waals surface area (Å²) in [6.07, 6.45) is 4.87. The first-order valence-electron chi connectivity index (χ1n) is 14.6. The molecular weight excluding hydrogens is 548 g/mol. The van der Waals surface area contributed by atoms with E-state index in [1.54, 1.807) is 49.7 Å². The van der Waals surface area contributed by atoms with Gasteiger partial charge in [-0.25, -0.2) is 14.8 Å². The van der Waals surface area contributed by atoms with Crippen LogP contribution < -0.4 is 9.47 Å². The molecule has 4 aromatic rings. The summed E-state index contributed by atoms with van der Waals surface area (Å²) in [7, 11) is 1.58. The monoisotopic (exact) mass is 580 g/mol. The zero-order valence-electron chi connectivity index (χ0n) is 23.9. The van der Waals surface area contributed by atoms with Crippen molar-refractivity contribution in [3.63, 3.8) is 0 Å². The maximum Gasteiger partial charge on any atom is 0.335 e. The van der Waals surface area contributed by atoms with E-state index in [1.807, 2.05) is 6.07 Å². The summed E-state index contributed by atoms with van der Waals surface area (Å²) < 4.78 is 19.3. The number of carboxylic acids is 1. The smallest absolute Gasteiger partial charge is 0.335 e. The number of nitriles is 1. The van der Waals surface area contributed by atoms with E-state index in [-0.39, 0.29) is 23.7 Å². The van der Waals surface area contributed by atoms with Crippen molar-refractivity contribution < 1.29 is 24.1 Å². The Kier molecular flexibility index (Phi) is 6.95. The molecule has 3 fully saturated rings. The summed E-state index contributed by atoms with van der Waals surface area (Å²) in [5.41, 5.74) is 3.24. The van der Waals surface area contributed by atoms with Gasteiger partial charge in [0.2, 0.25) is 5.88 Å². The van der Waals surface area contributed by atoms with Gasteiger partial charge >= 0.3 is 5.97 Å². The third-order valence-corrected chi connectivity index (χ3v) is 9.07. The molecule has 3 atom stereocenters. The molecule has 4 heterocycles. The van der Waals surface area contributed by atoms with E-state index in [1.165, 1.54) is 0 Å². The minimum atomic E-state index is -0.942. The van der Waals surface area contributed by atoms with Crippen LogP contribution in [0.4, 0.5) is 0 Å². The number of methoxy groups -OCH3 is 1. The molecule has 43 heavy (non-hydrogen) atoms. The van der Waals surface area contributed by atoms with Gasteiger partial charge in [0.05, 0.1) is 54.5 Å². The first-order valence-corrected chi connectivity index (χ1v) is 14.6. The molecule has 2 aliphatic heterocycles. The SMILES string of the molecule is COc1cc(C#N)ccc1COc1ccnc(C23CCN(Cc4nc5ccc(C(=O)O)cc5n4C[C@@H]4CCO4)CC2C3)n1. The fourth-order valence-electron chi connectivity index (χ4n) is 6.43. The number of fused-ring (bicyclic) bond motifs is 2. The molecule has 0 spiro atoms. The van der Waals surface area contributed by atoms with E-state index in [0.29, 0.717) is 36.2 Å². The zero-order valence-corrected chi connectivity index (χ0v) is 23.9. The number of rotatable bonds is 10. The third kappa shape index (κ3) is 5.17. The number of likely N-dealkylation sites (tertiary alicyclic amines) is 1. The molecule has 0 amide bonds. The molecule has 2 aromatic heterocycles. The molecular formula is C32H32N6O5. The summed E-state index contributed by atoms with van der Waals surface area (Å²) in [6, 6.07) is 14.3. The molecule has 2 unspecified atom stereocenters. The predicted octanol–water partition coefficient (Wildman–Crippen LogP) is 3.94. The number of imidazole rings is 1. The maximum atomic E-state index is 11.6. The van der Waals surface area contributed by atoms with Gasteiger partial charge in [-0.1, -0.05) is 6.07 Å². The number of carbonyl (C=O) groups is 1. The Morgan fingerprint density at radius 3 is 2.86 bits per heavy atom. The van der Waals surface area contributed by atoms with Gasteiger partial charge in [0.25, 0.3) is 0 Å². The molecule has 1 saturated carbocycles. The highest BCUT2D eigenvalue weighted by Crippen LogP contribution is 2.58. The van der Waals surface area contributed by atoms with E-state index >= 15 is 0 Å². The maximum absolute atomic E-state index is 11.6. The lowest BCUT2D eigenvalue weighted by Gasteiger charge is -2.31. The van der Waals surface area contributed by atoms with Crippen molar-refractivity contribution in [3.05, 3.63) is 77.0 Å². The van der Waals surface area contributed by atoms with Crippen LogP contribution in [0.2, 0.25) is 0 Å². The van der Waals surface area contributed by atoms with E-state index < -0.39 is 5.97 Å². The Labute approximate surface area is 248 Å². The van der Waals surface area contributed by atoms with Crippen molar-refractivity contribution in [2.75, 3.05) is 26.8 Å². The highest BCUT2D eigenvalue weighted by atomic mass is 16.5. The Bertz CT molecular complexity index is 1740. The topological polar surface area (TPSA) is 136 Å². The predicted molar refractivity (Wildman–Crippen MR) is 155 cm³/mol. The number of benzene rings is 2. The second-order valence-electron chi connectivity index (χ2n) is 11.6. The van der Waals surface area contributed by atoms with Gasteiger partial charge in [-0.2, -0.15) is 10.2 Å². The number of aromatic nitrogens is 4. The standard InChI is InChI=1S/C32H32N6O5/c1-41-27-12-20(15-33)2-3-22(27)19-43-29-6-9-34-31(36-29)32-8-10-37(16-23(32)14-32)18-28-35-25-5-4-21(30(39)40)13-26(25)38(28)17-24-7-11-42-24/h2-6,9,12-13,23-24H,7-8,10-11,14,16-19H2,1H3,(H,39,40)/t23?,24-,32?/m0/s1. The number of hydrogen-bond donors (Lipinski definition) is 1. The Morgan fingerprint density at radius 1 is 1.23 bits per heavy atom. The summed E-state index contributed by atoms with van der Waals surface area (Å²) in [4.78, 5) is 28.5. The van der Waals surface area contributed by atoms with E-state index in [9.17, 15) is 9.90 Å². The Morgan fingerprint density at radius 2 is 2.12 bits per heavy atom. The van der Waals surface area contributed by atoms with Crippen LogP contribution in [0.3, 0.4) is 0 Å². The van der Waals surface area contributed by atoms with E-state index in [4.69, 9.17) is 29.4 Å². The molecule has 3 aliphatic rings. The van der Waals surface area contributed by atoms with Gasteiger partial charge in [0.15, 0.2) is 0 Å². The van der Waals surface area contributed by atoms with Crippen molar-refractivity contribution in [2.24, 2.45) is 5.92 Å². The average Bonchev–Trinajstić information content (AvgIpc) is 3.65. The van der Waals surface area contributed by atoms with Gasteiger partial charge in [-0.3, -0.25) is 4.90 Å². The fraction of sp³-hybridized carbons (Fsp3) is 0.406. The highest BCUT2D eigenvalue weighted by molar-refractivity contribution is 5.92. The average molecular weight is 581 g/mol. The quantitative estimate of drug-likeness (QED) is 0.294. The molecule has 11 heteroatoms. The van der Waals surface area contributed by atoms with E-state index in [0.717, 1.165) is 67.2 Å². The zero-order chi connectivity index (χ0) is 29.6. The number of aromatic carboxylic acids is 1. The minimum Gasteiger partial charge on any atom is -0.496 e. The van der Waals surface area contributed by atoms with Crippen LogP contribution >= 0.6 is 0 Å². The third-order valence-electron chi connectivity index (χ3n) is 9.07. The first kappa shape index (κ1) is 27.3. The van der Waals surface area contributed by atoms with Gasteiger partial charge in [0.1, 0.15) is 24.0 Å². The lowest BCUT2D eigenvalue weighted by Crippen LogP contribution is -2.38. The summed E-state index contributed by atoms with van der Waals surface area (Å²) in [6.45, 7) is 4.20. The van der Waals surface area contributed by atoms with Crippen molar-refractivity contribution in [1.82, 2.24) is 24.4 Å². The molecule has 2 aromatic carbocycles. The van der Waals surface area contributed by atoms with Crippen molar-refractivity contribution >= 4 is 17.0 Å². The summed E-state index contributed by atoms with van der Waals surface area (Å²) in [5, 5.41) is 18.7. The van der Waals surface area contributed by atoms with Crippen molar-refractivity contribution in [2.45, 2.75) is 50.5 Å². The fourth-order valence-corrected chi connectivity index (χ4v) is 6.43. The second kappa shape index (κ2) is 10.9. The van der Waals surface area contributed by atoms with Crippen molar-refractivity contribution in [1.29, 1.82) is 5.26 Å². The highest BCUT2D eigenvalue weighted by Gasteiger charge is 2.59. The normalized spacial score (nSPS) is 22.8. The molecule has 1 aliphatic carbocycles. The van der Waals surface area contributed by atoms with E-state index in [2.05, 4.69) is 20.5 Å². The number of hydrogen-bond acceptors (Lipinski definition) is 9. The van der Waals surface area contributed by atoms with Crippen molar-refractivity contribution in [3.8, 4) is 17.7 Å². The van der Waals surface area contributed by atoms with Gasteiger partial charge in [-0.15, -0.1) is 0 Å². The number of ether oxygens (including phenoxy) is 3. The number of nitrogens with zero attached hydrogens (tertiary/aromatic N) is 6. The second-order valence-corrected chi connectivity index (χ2v) is 11.6. The molecule has 220 valence electrons. The molecule has 1 N–H and O–H groups in total. The molecule has 0 radical (unpaired) electrons. The summed E-state index contributed by atoms with van der Waals surface area (Å²) >= 11 is 0. The lowest BCUT2D eigenvalue weighted by molar-refractivity contribution is -0.0592. The van der Waals surface area contributed by atoms with Gasteiger partial charge < -0.3 is 23.9 Å².